The molecule has 0 unspecified atom stereocenters. The molecular formula is C27H28O2. The number of esters is 1. The molecule has 0 amide bonds. The zero-order valence-corrected chi connectivity index (χ0v) is 18.1. The van der Waals surface area contributed by atoms with Crippen LogP contribution in [0.4, 0.5) is 0 Å². The van der Waals surface area contributed by atoms with Gasteiger partial charge in [0.2, 0.25) is 0 Å². The summed E-state index contributed by atoms with van der Waals surface area (Å²) in [6, 6.07) is 17.7. The molecule has 3 rings (SSSR count). The van der Waals surface area contributed by atoms with Gasteiger partial charge in [-0.2, -0.15) is 0 Å². The number of carbonyl (C=O) groups is 1. The van der Waals surface area contributed by atoms with Crippen molar-refractivity contribution in [2.75, 3.05) is 0 Å². The minimum Gasteiger partial charge on any atom is -0.422 e. The van der Waals surface area contributed by atoms with E-state index in [1.54, 1.807) is 12.1 Å². The maximum absolute atomic E-state index is 12.9. The summed E-state index contributed by atoms with van der Waals surface area (Å²) in [6.45, 7) is 12.5. The number of hydrogen-bond acceptors (Lipinski definition) is 2. The van der Waals surface area contributed by atoms with E-state index in [9.17, 15) is 4.79 Å². The molecule has 0 atom stereocenters. The summed E-state index contributed by atoms with van der Waals surface area (Å²) >= 11 is 0. The monoisotopic (exact) mass is 384 g/mol. The standard InChI is InChI=1S/C27H28O2/c1-17-12-19(3)24(20(4)13-17)16-25(26-21(5)14-18(2)15-22(26)6)29-27(28)23-10-8-7-9-11-23/h7-16H,1-6H3/b25-16-. The van der Waals surface area contributed by atoms with Crippen LogP contribution in [0.2, 0.25) is 0 Å². The average molecular weight is 385 g/mol. The smallest absolute Gasteiger partial charge is 0.343 e. The third-order valence-corrected chi connectivity index (χ3v) is 5.15. The lowest BCUT2D eigenvalue weighted by Gasteiger charge is -2.17. The normalized spacial score (nSPS) is 11.4. The van der Waals surface area contributed by atoms with Gasteiger partial charge in [-0.05, 0) is 87.6 Å². The van der Waals surface area contributed by atoms with Gasteiger partial charge >= 0.3 is 5.97 Å². The van der Waals surface area contributed by atoms with Crippen LogP contribution in [0.3, 0.4) is 0 Å². The van der Waals surface area contributed by atoms with Crippen molar-refractivity contribution in [1.82, 2.24) is 0 Å². The van der Waals surface area contributed by atoms with Crippen LogP contribution in [-0.4, -0.2) is 5.97 Å². The zero-order chi connectivity index (χ0) is 21.1. The van der Waals surface area contributed by atoms with Crippen molar-refractivity contribution in [3.05, 3.63) is 105 Å². The molecule has 0 aliphatic heterocycles. The summed E-state index contributed by atoms with van der Waals surface area (Å²) < 4.78 is 5.99. The van der Waals surface area contributed by atoms with Crippen molar-refractivity contribution in [1.29, 1.82) is 0 Å². The molecule has 2 nitrogen and oxygen atoms in total. The van der Waals surface area contributed by atoms with Gasteiger partial charge in [-0.25, -0.2) is 4.79 Å². The van der Waals surface area contributed by atoms with Crippen LogP contribution in [0.15, 0.2) is 54.6 Å². The molecule has 29 heavy (non-hydrogen) atoms. The van der Waals surface area contributed by atoms with Crippen molar-refractivity contribution in [2.45, 2.75) is 41.5 Å². The van der Waals surface area contributed by atoms with E-state index in [0.29, 0.717) is 11.3 Å². The van der Waals surface area contributed by atoms with Gasteiger partial charge in [0.05, 0.1) is 5.56 Å². The highest BCUT2D eigenvalue weighted by molar-refractivity contribution is 5.96. The van der Waals surface area contributed by atoms with Crippen LogP contribution < -0.4 is 0 Å². The van der Waals surface area contributed by atoms with Crippen LogP contribution in [0.25, 0.3) is 11.8 Å². The number of ether oxygens (including phenoxy) is 1. The minimum atomic E-state index is -0.348. The van der Waals surface area contributed by atoms with Crippen molar-refractivity contribution >= 4 is 17.8 Å². The second-order valence-corrected chi connectivity index (χ2v) is 7.85. The Labute approximate surface area is 173 Å². The Balaban J connectivity index is 2.16. The Morgan fingerprint density at radius 3 is 1.72 bits per heavy atom. The Bertz CT molecular complexity index is 1040. The fraction of sp³-hybridized carbons (Fsp3) is 0.222. The van der Waals surface area contributed by atoms with E-state index in [1.165, 1.54) is 11.1 Å². The van der Waals surface area contributed by atoms with E-state index in [0.717, 1.165) is 33.4 Å². The molecule has 0 fully saturated rings. The average Bonchev–Trinajstić information content (AvgIpc) is 2.64. The number of benzene rings is 3. The highest BCUT2D eigenvalue weighted by Gasteiger charge is 2.17. The molecule has 0 saturated heterocycles. The lowest BCUT2D eigenvalue weighted by molar-refractivity contribution is 0.0693. The van der Waals surface area contributed by atoms with E-state index in [-0.39, 0.29) is 5.97 Å². The summed E-state index contributed by atoms with van der Waals surface area (Å²) in [4.78, 5) is 12.9. The third-order valence-electron chi connectivity index (χ3n) is 5.15. The van der Waals surface area contributed by atoms with Gasteiger partial charge in [0.25, 0.3) is 0 Å². The molecule has 0 aliphatic rings. The van der Waals surface area contributed by atoms with Gasteiger partial charge in [-0.3, -0.25) is 0 Å². The fourth-order valence-electron chi connectivity index (χ4n) is 4.00. The second-order valence-electron chi connectivity index (χ2n) is 7.85. The van der Waals surface area contributed by atoms with E-state index >= 15 is 0 Å². The number of hydrogen-bond donors (Lipinski definition) is 0. The molecule has 0 N–H and O–H groups in total. The van der Waals surface area contributed by atoms with Gasteiger partial charge in [-0.15, -0.1) is 0 Å². The predicted molar refractivity (Wildman–Crippen MR) is 121 cm³/mol. The van der Waals surface area contributed by atoms with E-state index < -0.39 is 0 Å². The third kappa shape index (κ3) is 4.65. The number of carbonyl (C=O) groups excluding carboxylic acids is 1. The van der Waals surface area contributed by atoms with E-state index in [1.807, 2.05) is 24.3 Å². The second kappa shape index (κ2) is 8.48. The predicted octanol–water partition coefficient (Wildman–Crippen LogP) is 6.89. The molecule has 148 valence electrons. The summed E-state index contributed by atoms with van der Waals surface area (Å²) in [5, 5.41) is 0. The van der Waals surface area contributed by atoms with Crippen LogP contribution in [0.5, 0.6) is 0 Å². The van der Waals surface area contributed by atoms with Gasteiger partial charge in [0.15, 0.2) is 0 Å². The summed E-state index contributed by atoms with van der Waals surface area (Å²) in [7, 11) is 0. The van der Waals surface area contributed by atoms with Crippen molar-refractivity contribution in [3.8, 4) is 0 Å². The first kappa shape index (κ1) is 20.6. The molecule has 0 aromatic heterocycles. The van der Waals surface area contributed by atoms with Crippen LogP contribution in [-0.2, 0) is 4.74 Å². The van der Waals surface area contributed by atoms with E-state index in [2.05, 4.69) is 65.8 Å². The molecular weight excluding hydrogens is 356 g/mol. The highest BCUT2D eigenvalue weighted by Crippen LogP contribution is 2.30. The molecule has 0 bridgehead atoms. The van der Waals surface area contributed by atoms with Gasteiger partial charge < -0.3 is 4.74 Å². The van der Waals surface area contributed by atoms with Crippen molar-refractivity contribution < 1.29 is 9.53 Å². The Hall–Kier alpha value is -3.13. The largest absolute Gasteiger partial charge is 0.422 e. The lowest BCUT2D eigenvalue weighted by atomic mass is 9.94. The summed E-state index contributed by atoms with van der Waals surface area (Å²) in [6.07, 6.45) is 2.01. The molecule has 0 spiro atoms. The first-order chi connectivity index (χ1) is 13.8. The topological polar surface area (TPSA) is 26.3 Å². The number of aryl methyl sites for hydroxylation is 6. The molecule has 0 saturated carbocycles. The van der Waals surface area contributed by atoms with Crippen LogP contribution in [0.1, 0.15) is 54.9 Å². The fourth-order valence-corrected chi connectivity index (χ4v) is 4.00. The number of rotatable bonds is 4. The van der Waals surface area contributed by atoms with Crippen molar-refractivity contribution in [3.63, 3.8) is 0 Å². The maximum Gasteiger partial charge on any atom is 0.343 e. The Morgan fingerprint density at radius 1 is 0.724 bits per heavy atom. The quantitative estimate of drug-likeness (QED) is 0.278. The molecule has 3 aromatic carbocycles. The Kier molecular flexibility index (Phi) is 6.03. The minimum absolute atomic E-state index is 0.348. The van der Waals surface area contributed by atoms with Crippen LogP contribution in [0, 0.1) is 41.5 Å². The van der Waals surface area contributed by atoms with Gasteiger partial charge in [0, 0.05) is 5.56 Å². The summed E-state index contributed by atoms with van der Waals surface area (Å²) in [5.74, 6) is 0.238. The van der Waals surface area contributed by atoms with Crippen molar-refractivity contribution in [2.24, 2.45) is 0 Å². The lowest BCUT2D eigenvalue weighted by Crippen LogP contribution is -2.07. The molecule has 3 aromatic rings. The van der Waals surface area contributed by atoms with Gasteiger partial charge in [0.1, 0.15) is 5.76 Å². The Morgan fingerprint density at radius 2 is 1.21 bits per heavy atom. The van der Waals surface area contributed by atoms with E-state index in [4.69, 9.17) is 4.74 Å². The molecule has 2 heteroatoms. The zero-order valence-electron chi connectivity index (χ0n) is 18.1. The first-order valence-corrected chi connectivity index (χ1v) is 9.91. The maximum atomic E-state index is 12.9. The molecule has 0 radical (unpaired) electrons. The summed E-state index contributed by atoms with van der Waals surface area (Å²) in [5.41, 5.74) is 9.54. The molecule has 0 heterocycles. The first-order valence-electron chi connectivity index (χ1n) is 9.91. The van der Waals surface area contributed by atoms with Gasteiger partial charge in [-0.1, -0.05) is 53.6 Å². The SMILES string of the molecule is Cc1cc(C)c(/C=C(\OC(=O)c2ccccc2)c2c(C)cc(C)cc2C)c(C)c1. The van der Waals surface area contributed by atoms with Crippen LogP contribution >= 0.6 is 0 Å². The highest BCUT2D eigenvalue weighted by atomic mass is 16.5. The molecule has 0 aliphatic carbocycles.